The van der Waals surface area contributed by atoms with Crippen molar-refractivity contribution in [1.29, 1.82) is 0 Å². The lowest BCUT2D eigenvalue weighted by Gasteiger charge is -2.33. The van der Waals surface area contributed by atoms with Crippen LogP contribution in [0.2, 0.25) is 0 Å². The van der Waals surface area contributed by atoms with Gasteiger partial charge in [-0.2, -0.15) is 0 Å². The molecule has 4 unspecified atom stereocenters. The van der Waals surface area contributed by atoms with Gasteiger partial charge in [0.1, 0.15) is 41.1 Å². The van der Waals surface area contributed by atoms with Crippen molar-refractivity contribution in [2.75, 3.05) is 38.2 Å². The van der Waals surface area contributed by atoms with E-state index in [1.54, 1.807) is 63.5 Å². The van der Waals surface area contributed by atoms with Gasteiger partial charge in [-0.15, -0.1) is 0 Å². The second-order valence-electron chi connectivity index (χ2n) is 16.9. The summed E-state index contributed by atoms with van der Waals surface area (Å²) < 4.78 is 36.7. The number of nitrogens with zero attached hydrogens (tertiary/aromatic N) is 6. The van der Waals surface area contributed by atoms with Gasteiger partial charge in [0.05, 0.1) is 36.6 Å². The number of piperidine rings is 1. The number of anilines is 1. The van der Waals surface area contributed by atoms with Gasteiger partial charge in [0, 0.05) is 61.9 Å². The van der Waals surface area contributed by atoms with E-state index in [-0.39, 0.29) is 35.0 Å². The number of carbonyl (C=O) groups is 4. The highest BCUT2D eigenvalue weighted by atomic mass is 19.1. The van der Waals surface area contributed by atoms with Gasteiger partial charge in [-0.25, -0.2) is 23.5 Å². The number of nitrogens with one attached hydrogen (secondary N) is 4. The van der Waals surface area contributed by atoms with Gasteiger partial charge in [0.2, 0.25) is 5.91 Å². The standard InChI is InChI=1S/C49H50F2N10O5/c1-66-49(65)58-42(32-13-6-3-7-14-32)48(64)61-22-10-17-40(61)45-54-29-38(56-45)34-25-35(50)43(36(51)26-34)59-23-18-30(19-24-59)37-28-53-44(55-37)39-16-9-21-60(39)47(63)41(31-11-4-2-5-12-31)57-46(62)33-15-8-20-52-27-33/h2-8,11-15,20,25-30,39-42H,9-10,16-19,21-24H2,1H3,(H,53,55)(H,54,56)(H,57,62)(H,58,65). The van der Waals surface area contributed by atoms with E-state index in [2.05, 4.69) is 30.6 Å². The number of halogens is 2. The summed E-state index contributed by atoms with van der Waals surface area (Å²) in [6.07, 6.45) is 9.64. The predicted octanol–water partition coefficient (Wildman–Crippen LogP) is 7.45. The number of hydrogen-bond acceptors (Lipinski definition) is 9. The van der Waals surface area contributed by atoms with E-state index >= 15 is 8.78 Å². The highest BCUT2D eigenvalue weighted by Crippen LogP contribution is 2.39. The molecule has 3 aliphatic rings. The van der Waals surface area contributed by atoms with Crippen molar-refractivity contribution >= 4 is 29.5 Å². The zero-order chi connectivity index (χ0) is 45.7. The highest BCUT2D eigenvalue weighted by Gasteiger charge is 2.39. The number of rotatable bonds is 12. The predicted molar refractivity (Wildman–Crippen MR) is 240 cm³/mol. The molecule has 4 amide bonds. The van der Waals surface area contributed by atoms with Crippen LogP contribution in [0, 0.1) is 11.6 Å². The molecule has 3 aliphatic heterocycles. The summed E-state index contributed by atoms with van der Waals surface area (Å²) in [5.41, 5.74) is 3.12. The summed E-state index contributed by atoms with van der Waals surface area (Å²) in [5, 5.41) is 5.59. The van der Waals surface area contributed by atoms with E-state index in [0.717, 1.165) is 12.1 Å². The molecule has 0 aliphatic carbocycles. The lowest BCUT2D eigenvalue weighted by atomic mass is 9.93. The molecule has 15 nitrogen and oxygen atoms in total. The third kappa shape index (κ3) is 9.10. The smallest absolute Gasteiger partial charge is 0.407 e. The van der Waals surface area contributed by atoms with E-state index in [1.807, 2.05) is 36.4 Å². The second kappa shape index (κ2) is 19.4. The van der Waals surface area contributed by atoms with Crippen LogP contribution < -0.4 is 15.5 Å². The van der Waals surface area contributed by atoms with Crippen molar-refractivity contribution in [3.63, 3.8) is 0 Å². The van der Waals surface area contributed by atoms with Crippen LogP contribution in [0.5, 0.6) is 0 Å². The fourth-order valence-corrected chi connectivity index (χ4v) is 9.53. The van der Waals surface area contributed by atoms with Crippen LogP contribution in [-0.4, -0.2) is 91.8 Å². The number of alkyl carbamates (subject to hydrolysis) is 1. The van der Waals surface area contributed by atoms with Crippen LogP contribution in [0.25, 0.3) is 11.3 Å². The largest absolute Gasteiger partial charge is 0.453 e. The van der Waals surface area contributed by atoms with Crippen LogP contribution in [0.1, 0.15) is 107 Å². The topological polar surface area (TPSA) is 182 Å². The molecule has 3 saturated heterocycles. The maximum Gasteiger partial charge on any atom is 0.407 e. The first-order valence-electron chi connectivity index (χ1n) is 22.3. The van der Waals surface area contributed by atoms with Gasteiger partial charge in [0.25, 0.3) is 11.8 Å². The third-order valence-electron chi connectivity index (χ3n) is 12.9. The molecule has 340 valence electrons. The number of hydrogen-bond donors (Lipinski definition) is 4. The second-order valence-corrected chi connectivity index (χ2v) is 16.9. The molecule has 17 heteroatoms. The fourth-order valence-electron chi connectivity index (χ4n) is 9.53. The van der Waals surface area contributed by atoms with Gasteiger partial charge >= 0.3 is 6.09 Å². The van der Waals surface area contributed by atoms with Gasteiger partial charge < -0.3 is 40.0 Å². The Morgan fingerprint density at radius 3 is 1.85 bits per heavy atom. The summed E-state index contributed by atoms with van der Waals surface area (Å²) >= 11 is 0. The Bertz CT molecular complexity index is 2650. The molecule has 6 heterocycles. The summed E-state index contributed by atoms with van der Waals surface area (Å²) in [6, 6.07) is 21.3. The monoisotopic (exact) mass is 896 g/mol. The molecule has 3 aromatic heterocycles. The Morgan fingerprint density at radius 1 is 0.697 bits per heavy atom. The molecule has 0 spiro atoms. The number of H-pyrrole nitrogens is 2. The Hall–Kier alpha value is -7.43. The maximum atomic E-state index is 16.0. The zero-order valence-electron chi connectivity index (χ0n) is 36.3. The lowest BCUT2D eigenvalue weighted by Crippen LogP contribution is -2.43. The molecule has 0 bridgehead atoms. The normalized spacial score (nSPS) is 18.5. The molecule has 66 heavy (non-hydrogen) atoms. The molecular formula is C49H50F2N10O5. The number of aromatic amines is 2. The van der Waals surface area contributed by atoms with Crippen molar-refractivity contribution in [1.82, 2.24) is 45.4 Å². The van der Waals surface area contributed by atoms with Crippen LogP contribution >= 0.6 is 0 Å². The highest BCUT2D eigenvalue weighted by molar-refractivity contribution is 5.97. The molecule has 0 radical (unpaired) electrons. The fraction of sp³-hybridized carbons (Fsp3) is 0.327. The molecule has 4 N–H and O–H groups in total. The summed E-state index contributed by atoms with van der Waals surface area (Å²) in [4.78, 5) is 78.9. The Balaban J connectivity index is 0.844. The Kier molecular flexibility index (Phi) is 12.8. The number of aromatic nitrogens is 5. The minimum Gasteiger partial charge on any atom is -0.453 e. The summed E-state index contributed by atoms with van der Waals surface area (Å²) in [6.45, 7) is 1.76. The number of benzene rings is 3. The minimum atomic E-state index is -0.980. The summed E-state index contributed by atoms with van der Waals surface area (Å²) in [7, 11) is 1.24. The average molecular weight is 897 g/mol. The van der Waals surface area contributed by atoms with Crippen molar-refractivity contribution in [3.8, 4) is 11.3 Å². The number of ether oxygens (including phenoxy) is 1. The molecular weight excluding hydrogens is 847 g/mol. The van der Waals surface area contributed by atoms with E-state index in [9.17, 15) is 19.2 Å². The van der Waals surface area contributed by atoms with Crippen molar-refractivity contribution in [2.45, 2.75) is 68.6 Å². The molecule has 3 aromatic carbocycles. The van der Waals surface area contributed by atoms with Gasteiger partial charge in [0.15, 0.2) is 0 Å². The first kappa shape index (κ1) is 43.8. The first-order chi connectivity index (χ1) is 32.2. The van der Waals surface area contributed by atoms with E-state index in [4.69, 9.17) is 9.72 Å². The van der Waals surface area contributed by atoms with E-state index in [1.165, 1.54) is 31.6 Å². The van der Waals surface area contributed by atoms with Crippen molar-refractivity contribution in [2.24, 2.45) is 0 Å². The molecule has 4 atom stereocenters. The number of likely N-dealkylation sites (tertiary alicyclic amines) is 2. The van der Waals surface area contributed by atoms with E-state index in [0.29, 0.717) is 92.3 Å². The quantitative estimate of drug-likeness (QED) is 0.0970. The number of amides is 4. The van der Waals surface area contributed by atoms with Crippen LogP contribution in [-0.2, 0) is 14.3 Å². The number of carbonyl (C=O) groups excluding carboxylic acids is 4. The van der Waals surface area contributed by atoms with Crippen LogP contribution in [0.15, 0.2) is 110 Å². The van der Waals surface area contributed by atoms with Gasteiger partial charge in [-0.3, -0.25) is 19.4 Å². The van der Waals surface area contributed by atoms with Gasteiger partial charge in [-0.05, 0) is 73.9 Å². The maximum absolute atomic E-state index is 16.0. The Labute approximate surface area is 380 Å². The molecule has 0 saturated carbocycles. The molecule has 3 fully saturated rings. The van der Waals surface area contributed by atoms with Crippen molar-refractivity contribution in [3.05, 3.63) is 155 Å². The zero-order valence-corrected chi connectivity index (χ0v) is 36.3. The number of methoxy groups -OCH3 is 1. The molecule has 9 rings (SSSR count). The minimum absolute atomic E-state index is 0.0546. The number of imidazole rings is 2. The number of pyridine rings is 1. The van der Waals surface area contributed by atoms with Crippen molar-refractivity contribution < 1.29 is 32.7 Å². The third-order valence-corrected chi connectivity index (χ3v) is 12.9. The van der Waals surface area contributed by atoms with Crippen LogP contribution in [0.3, 0.4) is 0 Å². The lowest BCUT2D eigenvalue weighted by molar-refractivity contribution is -0.135. The SMILES string of the molecule is COC(=O)NC(C(=O)N1CCCC1c1ncc(-c2cc(F)c(N3CCC(c4cnc(C5CCCN5C(=O)C(NC(=O)c5cccnc5)c5ccccc5)[nH]4)CC3)c(F)c2)[nH]1)c1ccccc1. The van der Waals surface area contributed by atoms with Gasteiger partial charge in [-0.1, -0.05) is 60.7 Å². The van der Waals surface area contributed by atoms with E-state index < -0.39 is 41.8 Å². The molecule has 6 aromatic rings. The van der Waals surface area contributed by atoms with Crippen LogP contribution in [0.4, 0.5) is 19.3 Å². The Morgan fingerprint density at radius 2 is 1.27 bits per heavy atom. The summed E-state index contributed by atoms with van der Waals surface area (Å²) in [5.74, 6) is -1.15. The average Bonchev–Trinajstić information content (AvgIpc) is 4.21. The first-order valence-corrected chi connectivity index (χ1v) is 22.3.